The molecule has 0 radical (unpaired) electrons. The molecule has 0 aliphatic heterocycles. The third kappa shape index (κ3) is 2.54. The number of hydrogen-bond acceptors (Lipinski definition) is 2. The molecule has 66 valence electrons. The van der Waals surface area contributed by atoms with Crippen molar-refractivity contribution in [3.63, 3.8) is 0 Å². The summed E-state index contributed by atoms with van der Waals surface area (Å²) in [7, 11) is 0. The van der Waals surface area contributed by atoms with Crippen LogP contribution in [0.15, 0.2) is 24.3 Å². The van der Waals surface area contributed by atoms with Gasteiger partial charge in [-0.25, -0.2) is 0 Å². The molecule has 0 amide bonds. The first-order valence-corrected chi connectivity index (χ1v) is 4.72. The molecule has 1 aromatic rings. The van der Waals surface area contributed by atoms with Gasteiger partial charge in [-0.2, -0.15) is 12.6 Å². The van der Waals surface area contributed by atoms with Gasteiger partial charge in [0.25, 0.3) is 0 Å². The zero-order valence-electron chi connectivity index (χ0n) is 7.33. The van der Waals surface area contributed by atoms with Gasteiger partial charge in [-0.05, 0) is 31.0 Å². The summed E-state index contributed by atoms with van der Waals surface area (Å²) in [5.41, 5.74) is 8.01. The second-order valence-corrected chi connectivity index (χ2v) is 3.73. The van der Waals surface area contributed by atoms with Crippen molar-refractivity contribution >= 4 is 12.6 Å². The van der Waals surface area contributed by atoms with Crippen LogP contribution in [0.1, 0.15) is 23.3 Å². The maximum atomic E-state index is 5.44. The lowest BCUT2D eigenvalue weighted by Gasteiger charge is -2.05. The molecular formula is C10H15NS. The van der Waals surface area contributed by atoms with Gasteiger partial charge >= 0.3 is 0 Å². The molecule has 0 aliphatic carbocycles. The molecule has 0 heterocycles. The number of nitrogens with two attached hydrogens (primary N) is 1. The molecule has 0 spiro atoms. The Morgan fingerprint density at radius 1 is 1.33 bits per heavy atom. The summed E-state index contributed by atoms with van der Waals surface area (Å²) in [6.07, 6.45) is 0.960. The molecule has 0 bridgehead atoms. The first-order chi connectivity index (χ1) is 5.74. The average molecular weight is 181 g/mol. The monoisotopic (exact) mass is 181 g/mol. The van der Waals surface area contributed by atoms with Crippen LogP contribution < -0.4 is 5.73 Å². The smallest absolute Gasteiger partial charge is 0.0238 e. The molecule has 1 atom stereocenters. The van der Waals surface area contributed by atoms with Crippen LogP contribution in [0.2, 0.25) is 0 Å². The van der Waals surface area contributed by atoms with Crippen LogP contribution in [0.5, 0.6) is 0 Å². The van der Waals surface area contributed by atoms with Gasteiger partial charge < -0.3 is 5.73 Å². The minimum absolute atomic E-state index is 0.317. The zero-order valence-corrected chi connectivity index (χ0v) is 8.22. The van der Waals surface area contributed by atoms with Gasteiger partial charge in [-0.1, -0.05) is 24.3 Å². The summed E-state index contributed by atoms with van der Waals surface area (Å²) in [6.45, 7) is 2.79. The van der Waals surface area contributed by atoms with Crippen molar-refractivity contribution in [1.82, 2.24) is 0 Å². The predicted molar refractivity (Wildman–Crippen MR) is 56.6 cm³/mol. The topological polar surface area (TPSA) is 26.0 Å². The summed E-state index contributed by atoms with van der Waals surface area (Å²) in [5, 5.41) is 0.317. The summed E-state index contributed by atoms with van der Waals surface area (Å²) in [5.74, 6) is 0. The Balaban J connectivity index is 2.71. The van der Waals surface area contributed by atoms with Gasteiger partial charge in [0.05, 0.1) is 0 Å². The number of hydrogen-bond donors (Lipinski definition) is 2. The van der Waals surface area contributed by atoms with E-state index in [9.17, 15) is 0 Å². The van der Waals surface area contributed by atoms with Gasteiger partial charge in [-0.3, -0.25) is 0 Å². The number of thiol groups is 1. The lowest BCUT2D eigenvalue weighted by molar-refractivity contribution is 0.965. The minimum Gasteiger partial charge on any atom is -0.330 e. The Morgan fingerprint density at radius 3 is 2.33 bits per heavy atom. The fourth-order valence-electron chi connectivity index (χ4n) is 1.13. The van der Waals surface area contributed by atoms with Crippen LogP contribution in [0.25, 0.3) is 0 Å². The highest BCUT2D eigenvalue weighted by Gasteiger charge is 1.98. The number of benzene rings is 1. The summed E-state index contributed by atoms with van der Waals surface area (Å²) < 4.78 is 0. The standard InChI is InChI=1S/C10H15NS/c1-8(12)10-4-2-9(3-5-10)6-7-11/h2-5,8,12H,6-7,11H2,1H3. The Hall–Kier alpha value is -0.470. The Morgan fingerprint density at radius 2 is 1.92 bits per heavy atom. The minimum atomic E-state index is 0.317. The highest BCUT2D eigenvalue weighted by atomic mass is 32.1. The van der Waals surface area contributed by atoms with Crippen molar-refractivity contribution in [3.8, 4) is 0 Å². The van der Waals surface area contributed by atoms with E-state index in [1.54, 1.807) is 0 Å². The SMILES string of the molecule is CC(S)c1ccc(CCN)cc1. The van der Waals surface area contributed by atoms with E-state index >= 15 is 0 Å². The van der Waals surface area contributed by atoms with E-state index in [0.717, 1.165) is 13.0 Å². The molecule has 0 saturated carbocycles. The average Bonchev–Trinajstić information content (AvgIpc) is 2.06. The first kappa shape index (κ1) is 9.62. The van der Waals surface area contributed by atoms with Crippen LogP contribution in [-0.4, -0.2) is 6.54 Å². The van der Waals surface area contributed by atoms with Crippen LogP contribution in [0.3, 0.4) is 0 Å². The van der Waals surface area contributed by atoms with Gasteiger partial charge in [-0.15, -0.1) is 0 Å². The van der Waals surface area contributed by atoms with E-state index in [0.29, 0.717) is 5.25 Å². The van der Waals surface area contributed by atoms with Gasteiger partial charge in [0, 0.05) is 5.25 Å². The number of rotatable bonds is 3. The third-order valence-electron chi connectivity index (χ3n) is 1.90. The quantitative estimate of drug-likeness (QED) is 0.687. The van der Waals surface area contributed by atoms with Crippen LogP contribution in [-0.2, 0) is 6.42 Å². The highest BCUT2D eigenvalue weighted by Crippen LogP contribution is 2.18. The van der Waals surface area contributed by atoms with E-state index in [1.807, 2.05) is 0 Å². The Labute approximate surface area is 79.4 Å². The molecule has 1 unspecified atom stereocenters. The molecule has 0 aliphatic rings. The van der Waals surface area contributed by atoms with E-state index in [4.69, 9.17) is 5.73 Å². The maximum Gasteiger partial charge on any atom is 0.0238 e. The fourth-order valence-corrected chi connectivity index (χ4v) is 1.30. The van der Waals surface area contributed by atoms with Crippen LogP contribution in [0, 0.1) is 0 Å². The van der Waals surface area contributed by atoms with E-state index in [-0.39, 0.29) is 0 Å². The third-order valence-corrected chi connectivity index (χ3v) is 2.19. The van der Waals surface area contributed by atoms with Gasteiger partial charge in [0.1, 0.15) is 0 Å². The molecule has 1 nitrogen and oxygen atoms in total. The second-order valence-electron chi connectivity index (χ2n) is 2.96. The molecule has 12 heavy (non-hydrogen) atoms. The van der Waals surface area contributed by atoms with Crippen LogP contribution >= 0.6 is 12.6 Å². The van der Waals surface area contributed by atoms with Crippen LogP contribution in [0.4, 0.5) is 0 Å². The molecule has 2 N–H and O–H groups in total. The molecule has 1 aromatic carbocycles. The molecule has 2 heteroatoms. The molecule has 0 aromatic heterocycles. The van der Waals surface area contributed by atoms with Gasteiger partial charge in [0.2, 0.25) is 0 Å². The zero-order chi connectivity index (χ0) is 8.97. The Kier molecular flexibility index (Phi) is 3.63. The highest BCUT2D eigenvalue weighted by molar-refractivity contribution is 7.80. The van der Waals surface area contributed by atoms with Crippen molar-refractivity contribution in [2.45, 2.75) is 18.6 Å². The largest absolute Gasteiger partial charge is 0.330 e. The molecule has 0 saturated heterocycles. The molecule has 1 rings (SSSR count). The van der Waals surface area contributed by atoms with Crippen molar-refractivity contribution < 1.29 is 0 Å². The van der Waals surface area contributed by atoms with E-state index in [1.165, 1.54) is 11.1 Å². The summed E-state index contributed by atoms with van der Waals surface area (Å²) >= 11 is 4.35. The van der Waals surface area contributed by atoms with E-state index < -0.39 is 0 Å². The fraction of sp³-hybridized carbons (Fsp3) is 0.400. The maximum absolute atomic E-state index is 5.44. The normalized spacial score (nSPS) is 12.9. The lowest BCUT2D eigenvalue weighted by atomic mass is 10.1. The predicted octanol–water partition coefficient (Wildman–Crippen LogP) is 2.18. The second kappa shape index (κ2) is 4.53. The summed E-state index contributed by atoms with van der Waals surface area (Å²) in [6, 6.07) is 8.47. The van der Waals surface area contributed by atoms with Crippen molar-refractivity contribution in [2.24, 2.45) is 5.73 Å². The van der Waals surface area contributed by atoms with E-state index in [2.05, 4.69) is 43.8 Å². The Bertz CT molecular complexity index is 228. The van der Waals surface area contributed by atoms with Crippen molar-refractivity contribution in [3.05, 3.63) is 35.4 Å². The molecule has 0 fully saturated rings. The van der Waals surface area contributed by atoms with Crippen molar-refractivity contribution in [2.75, 3.05) is 6.54 Å². The van der Waals surface area contributed by atoms with Gasteiger partial charge in [0.15, 0.2) is 0 Å². The molecular weight excluding hydrogens is 166 g/mol. The van der Waals surface area contributed by atoms with Crippen molar-refractivity contribution in [1.29, 1.82) is 0 Å². The first-order valence-electron chi connectivity index (χ1n) is 4.21. The lowest BCUT2D eigenvalue weighted by Crippen LogP contribution is -2.02. The summed E-state index contributed by atoms with van der Waals surface area (Å²) in [4.78, 5) is 0.